The minimum absolute atomic E-state index is 0.0607. The van der Waals surface area contributed by atoms with Gasteiger partial charge in [-0.15, -0.1) is 0 Å². The van der Waals surface area contributed by atoms with Gasteiger partial charge in [0.1, 0.15) is 5.56 Å². The van der Waals surface area contributed by atoms with Crippen molar-refractivity contribution in [3.63, 3.8) is 0 Å². The Morgan fingerprint density at radius 1 is 1.60 bits per heavy atom. The van der Waals surface area contributed by atoms with Crippen molar-refractivity contribution >= 4 is 23.2 Å². The average molecular weight is 296 g/mol. The van der Waals surface area contributed by atoms with Gasteiger partial charge in [0.2, 0.25) is 0 Å². The molecule has 6 nitrogen and oxygen atoms in total. The number of hydrogen-bond acceptors (Lipinski definition) is 4. The van der Waals surface area contributed by atoms with Gasteiger partial charge >= 0.3 is 0 Å². The smallest absolute Gasteiger partial charge is 0.282 e. The number of nitrogens with zero attached hydrogens (tertiary/aromatic N) is 3. The lowest BCUT2D eigenvalue weighted by atomic mass is 10.1. The van der Waals surface area contributed by atoms with Crippen LogP contribution in [0.3, 0.4) is 0 Å². The molecule has 0 heterocycles. The van der Waals surface area contributed by atoms with Gasteiger partial charge in [0.15, 0.2) is 0 Å². The number of nitro groups is 1. The summed E-state index contributed by atoms with van der Waals surface area (Å²) in [7, 11) is 0. The molecule has 0 aliphatic heterocycles. The van der Waals surface area contributed by atoms with E-state index in [9.17, 15) is 14.9 Å². The molecular weight excluding hydrogens is 282 g/mol. The molecule has 0 aliphatic carbocycles. The summed E-state index contributed by atoms with van der Waals surface area (Å²) in [4.78, 5) is 24.1. The zero-order chi connectivity index (χ0) is 15.3. The van der Waals surface area contributed by atoms with Crippen LogP contribution in [0.1, 0.15) is 24.2 Å². The Bertz CT molecular complexity index is 568. The lowest BCUT2D eigenvalue weighted by Crippen LogP contribution is -2.34. The van der Waals surface area contributed by atoms with Crippen molar-refractivity contribution in [1.82, 2.24) is 4.90 Å². The van der Waals surface area contributed by atoms with Gasteiger partial charge in [-0.2, -0.15) is 5.26 Å². The lowest BCUT2D eigenvalue weighted by Gasteiger charge is -2.21. The lowest BCUT2D eigenvalue weighted by molar-refractivity contribution is -0.385. The van der Waals surface area contributed by atoms with E-state index in [-0.39, 0.29) is 28.7 Å². The number of hydrogen-bond donors (Lipinski definition) is 0. The van der Waals surface area contributed by atoms with Crippen molar-refractivity contribution in [3.8, 4) is 6.07 Å². The van der Waals surface area contributed by atoms with Crippen molar-refractivity contribution < 1.29 is 9.72 Å². The van der Waals surface area contributed by atoms with E-state index in [0.717, 1.165) is 0 Å². The second kappa shape index (κ2) is 6.87. The van der Waals surface area contributed by atoms with Crippen LogP contribution in [0.4, 0.5) is 5.69 Å². The Hall–Kier alpha value is -2.13. The Kier molecular flexibility index (Phi) is 5.47. The molecule has 0 N–H and O–H groups in total. The third kappa shape index (κ3) is 3.68. The molecule has 1 aromatic rings. The highest BCUT2D eigenvalue weighted by atomic mass is 35.5. The summed E-state index contributed by atoms with van der Waals surface area (Å²) in [5, 5.41) is 20.0. The van der Waals surface area contributed by atoms with E-state index in [1.807, 2.05) is 6.07 Å². The second-order valence-electron chi connectivity index (χ2n) is 4.29. The fourth-order valence-electron chi connectivity index (χ4n) is 1.74. The van der Waals surface area contributed by atoms with Gasteiger partial charge in [-0.3, -0.25) is 14.9 Å². The van der Waals surface area contributed by atoms with Crippen LogP contribution < -0.4 is 0 Å². The van der Waals surface area contributed by atoms with E-state index in [4.69, 9.17) is 16.9 Å². The molecule has 0 bridgehead atoms. The summed E-state index contributed by atoms with van der Waals surface area (Å²) < 4.78 is 0. The van der Waals surface area contributed by atoms with Crippen LogP contribution in [0.2, 0.25) is 5.02 Å². The molecule has 0 spiro atoms. The third-order valence-corrected chi connectivity index (χ3v) is 3.00. The molecule has 20 heavy (non-hydrogen) atoms. The monoisotopic (exact) mass is 295 g/mol. The highest BCUT2D eigenvalue weighted by Gasteiger charge is 2.25. The van der Waals surface area contributed by atoms with Gasteiger partial charge in [0, 0.05) is 24.2 Å². The van der Waals surface area contributed by atoms with Gasteiger partial charge < -0.3 is 4.90 Å². The van der Waals surface area contributed by atoms with Crippen molar-refractivity contribution in [1.29, 1.82) is 5.26 Å². The number of nitro benzene ring substituents is 1. The molecule has 1 unspecified atom stereocenters. The molecule has 1 amide bonds. The topological polar surface area (TPSA) is 87.2 Å². The van der Waals surface area contributed by atoms with Crippen molar-refractivity contribution in [3.05, 3.63) is 38.9 Å². The predicted octanol–water partition coefficient (Wildman–Crippen LogP) is 2.87. The molecule has 0 aliphatic rings. The van der Waals surface area contributed by atoms with E-state index < -0.39 is 10.8 Å². The van der Waals surface area contributed by atoms with Crippen molar-refractivity contribution in [2.75, 3.05) is 13.1 Å². The summed E-state index contributed by atoms with van der Waals surface area (Å²) in [6.07, 6.45) is 0. The number of halogens is 1. The standard InChI is InChI=1S/C13H14ClN3O3/c1-3-16(8-9(2)7-15)13(18)11-6-10(14)4-5-12(11)17(19)20/h4-6,9H,3,8H2,1-2H3. The van der Waals surface area contributed by atoms with Gasteiger partial charge in [-0.25, -0.2) is 0 Å². The quantitative estimate of drug-likeness (QED) is 0.617. The van der Waals surface area contributed by atoms with E-state index in [1.54, 1.807) is 13.8 Å². The number of carbonyl (C=O) groups excluding carboxylic acids is 1. The maximum Gasteiger partial charge on any atom is 0.282 e. The molecule has 1 aromatic carbocycles. The average Bonchev–Trinajstić information content (AvgIpc) is 2.43. The Balaban J connectivity index is 3.15. The fraction of sp³-hybridized carbons (Fsp3) is 0.385. The molecule has 0 radical (unpaired) electrons. The van der Waals surface area contributed by atoms with Gasteiger partial charge in [-0.05, 0) is 26.0 Å². The Morgan fingerprint density at radius 2 is 2.25 bits per heavy atom. The highest BCUT2D eigenvalue weighted by Crippen LogP contribution is 2.24. The van der Waals surface area contributed by atoms with Gasteiger partial charge in [0.05, 0.1) is 16.9 Å². The zero-order valence-electron chi connectivity index (χ0n) is 11.2. The number of amides is 1. The Morgan fingerprint density at radius 3 is 2.75 bits per heavy atom. The first-order chi connectivity index (χ1) is 9.40. The molecule has 0 saturated heterocycles. The minimum Gasteiger partial charge on any atom is -0.337 e. The molecule has 0 aromatic heterocycles. The van der Waals surface area contributed by atoms with E-state index in [1.165, 1.54) is 23.1 Å². The number of nitriles is 1. The number of rotatable bonds is 5. The first-order valence-electron chi connectivity index (χ1n) is 6.03. The van der Waals surface area contributed by atoms with E-state index >= 15 is 0 Å². The van der Waals surface area contributed by atoms with E-state index in [2.05, 4.69) is 0 Å². The van der Waals surface area contributed by atoms with Crippen molar-refractivity contribution in [2.24, 2.45) is 5.92 Å². The number of carbonyl (C=O) groups is 1. The summed E-state index contributed by atoms with van der Waals surface area (Å²) in [6.45, 7) is 4.00. The Labute approximate surface area is 121 Å². The minimum atomic E-state index is -0.620. The third-order valence-electron chi connectivity index (χ3n) is 2.77. The highest BCUT2D eigenvalue weighted by molar-refractivity contribution is 6.31. The molecule has 0 saturated carbocycles. The normalized spacial score (nSPS) is 11.5. The molecule has 106 valence electrons. The zero-order valence-corrected chi connectivity index (χ0v) is 11.9. The SMILES string of the molecule is CCN(CC(C)C#N)C(=O)c1cc(Cl)ccc1[N+](=O)[O-]. The van der Waals surface area contributed by atoms with Gasteiger partial charge in [-0.1, -0.05) is 11.6 Å². The van der Waals surface area contributed by atoms with Crippen LogP contribution in [0.5, 0.6) is 0 Å². The summed E-state index contributed by atoms with van der Waals surface area (Å²) >= 11 is 5.80. The summed E-state index contributed by atoms with van der Waals surface area (Å²) in [5.74, 6) is -0.846. The first kappa shape index (κ1) is 15.9. The molecular formula is C13H14ClN3O3. The molecule has 7 heteroatoms. The first-order valence-corrected chi connectivity index (χ1v) is 6.41. The maximum absolute atomic E-state index is 12.4. The number of benzene rings is 1. The van der Waals surface area contributed by atoms with Crippen LogP contribution in [0, 0.1) is 27.4 Å². The van der Waals surface area contributed by atoms with Crippen LogP contribution in [-0.4, -0.2) is 28.8 Å². The van der Waals surface area contributed by atoms with E-state index in [0.29, 0.717) is 6.54 Å². The predicted molar refractivity (Wildman–Crippen MR) is 74.5 cm³/mol. The summed E-state index contributed by atoms with van der Waals surface area (Å²) in [6, 6.07) is 5.88. The maximum atomic E-state index is 12.4. The van der Waals surface area contributed by atoms with Crippen LogP contribution in [-0.2, 0) is 0 Å². The van der Waals surface area contributed by atoms with Gasteiger partial charge in [0.25, 0.3) is 11.6 Å². The molecule has 1 rings (SSSR count). The summed E-state index contributed by atoms with van der Waals surface area (Å²) in [5.41, 5.74) is -0.350. The van der Waals surface area contributed by atoms with Crippen LogP contribution in [0.25, 0.3) is 0 Å². The molecule has 1 atom stereocenters. The fourth-order valence-corrected chi connectivity index (χ4v) is 1.91. The van der Waals surface area contributed by atoms with Crippen molar-refractivity contribution in [2.45, 2.75) is 13.8 Å². The molecule has 0 fully saturated rings. The largest absolute Gasteiger partial charge is 0.337 e. The second-order valence-corrected chi connectivity index (χ2v) is 4.73. The van der Waals surface area contributed by atoms with Crippen LogP contribution >= 0.6 is 11.6 Å². The van der Waals surface area contributed by atoms with Crippen LogP contribution in [0.15, 0.2) is 18.2 Å².